The van der Waals surface area contributed by atoms with Crippen LogP contribution in [0.3, 0.4) is 0 Å². The number of fused-ring (bicyclic) bond motifs is 1. The summed E-state index contributed by atoms with van der Waals surface area (Å²) >= 11 is 0. The van der Waals surface area contributed by atoms with Crippen molar-refractivity contribution < 1.29 is 14.6 Å². The molecule has 2 N–H and O–H groups in total. The van der Waals surface area contributed by atoms with Crippen molar-refractivity contribution in [3.05, 3.63) is 24.4 Å². The summed E-state index contributed by atoms with van der Waals surface area (Å²) < 4.78 is 10.7. The number of hydrogen-bond acceptors (Lipinski definition) is 5. The van der Waals surface area contributed by atoms with Gasteiger partial charge in [0.1, 0.15) is 5.82 Å². The second-order valence-electron chi connectivity index (χ2n) is 5.15. The minimum Gasteiger partial charge on any atom is -0.493 e. The van der Waals surface area contributed by atoms with Gasteiger partial charge in [-0.05, 0) is 36.4 Å². The van der Waals surface area contributed by atoms with Crippen LogP contribution in [-0.2, 0) is 0 Å². The number of hydrogen-bond donors (Lipinski definition) is 2. The van der Waals surface area contributed by atoms with Crippen molar-refractivity contribution in [1.29, 1.82) is 0 Å². The van der Waals surface area contributed by atoms with E-state index in [1.54, 1.807) is 20.4 Å². The van der Waals surface area contributed by atoms with Crippen molar-refractivity contribution in [2.75, 3.05) is 26.1 Å². The Hall–Kier alpha value is -2.01. The van der Waals surface area contributed by atoms with Crippen molar-refractivity contribution in [1.82, 2.24) is 4.98 Å². The topological polar surface area (TPSA) is 63.6 Å². The largest absolute Gasteiger partial charge is 0.493 e. The van der Waals surface area contributed by atoms with E-state index in [0.29, 0.717) is 11.5 Å². The Morgan fingerprint density at radius 3 is 2.55 bits per heavy atom. The van der Waals surface area contributed by atoms with Crippen molar-refractivity contribution in [3.63, 3.8) is 0 Å². The molecule has 2 aromatic rings. The molecule has 1 saturated carbocycles. The normalized spacial score (nSPS) is 15.9. The lowest BCUT2D eigenvalue weighted by Crippen LogP contribution is -2.26. The fraction of sp³-hybridized carbons (Fsp3) is 0.400. The smallest absolute Gasteiger partial charge is 0.161 e. The van der Waals surface area contributed by atoms with E-state index in [1.807, 2.05) is 18.2 Å². The van der Waals surface area contributed by atoms with Crippen LogP contribution in [0, 0.1) is 0 Å². The molecule has 0 bridgehead atoms. The molecule has 3 rings (SSSR count). The molecule has 106 valence electrons. The zero-order valence-corrected chi connectivity index (χ0v) is 11.6. The minimum absolute atomic E-state index is 0.123. The van der Waals surface area contributed by atoms with Gasteiger partial charge in [0.25, 0.3) is 0 Å². The van der Waals surface area contributed by atoms with Crippen LogP contribution in [0.2, 0.25) is 0 Å². The number of benzene rings is 1. The highest BCUT2D eigenvalue weighted by atomic mass is 16.5. The third-order valence-corrected chi connectivity index (χ3v) is 3.81. The SMILES string of the molecule is COc1cc2ccnc(NC3(CO)CC3)c2cc1OC. The van der Waals surface area contributed by atoms with Crippen LogP contribution in [0.15, 0.2) is 24.4 Å². The van der Waals surface area contributed by atoms with Gasteiger partial charge < -0.3 is 19.9 Å². The van der Waals surface area contributed by atoms with E-state index in [2.05, 4.69) is 10.3 Å². The molecule has 1 fully saturated rings. The minimum atomic E-state index is -0.200. The average Bonchev–Trinajstić information content (AvgIpc) is 3.26. The molecule has 1 aromatic heterocycles. The predicted octanol–water partition coefficient (Wildman–Crippen LogP) is 2.19. The standard InChI is InChI=1S/C15H18N2O3/c1-19-12-7-10-3-6-16-14(11(10)8-13(12)20-2)17-15(9-18)4-5-15/h3,6-8,18H,4-5,9H2,1-2H3,(H,16,17). The van der Waals surface area contributed by atoms with E-state index in [4.69, 9.17) is 9.47 Å². The lowest BCUT2D eigenvalue weighted by atomic mass is 10.1. The highest BCUT2D eigenvalue weighted by Crippen LogP contribution is 2.41. The number of ether oxygens (including phenoxy) is 2. The van der Waals surface area contributed by atoms with Gasteiger partial charge in [-0.15, -0.1) is 0 Å². The Kier molecular flexibility index (Phi) is 3.14. The first-order valence-corrected chi connectivity index (χ1v) is 6.61. The fourth-order valence-corrected chi connectivity index (χ4v) is 2.32. The quantitative estimate of drug-likeness (QED) is 0.875. The lowest BCUT2D eigenvalue weighted by molar-refractivity contribution is 0.266. The molecule has 0 amide bonds. The summed E-state index contributed by atoms with van der Waals surface area (Å²) in [4.78, 5) is 4.39. The van der Waals surface area contributed by atoms with Crippen LogP contribution < -0.4 is 14.8 Å². The first-order valence-electron chi connectivity index (χ1n) is 6.61. The number of pyridine rings is 1. The molecule has 0 saturated heterocycles. The van der Waals surface area contributed by atoms with E-state index in [0.717, 1.165) is 29.4 Å². The lowest BCUT2D eigenvalue weighted by Gasteiger charge is -2.17. The van der Waals surface area contributed by atoms with Gasteiger partial charge in [-0.2, -0.15) is 0 Å². The van der Waals surface area contributed by atoms with E-state index >= 15 is 0 Å². The van der Waals surface area contributed by atoms with Crippen LogP contribution in [0.1, 0.15) is 12.8 Å². The van der Waals surface area contributed by atoms with Gasteiger partial charge in [0.2, 0.25) is 0 Å². The number of anilines is 1. The summed E-state index contributed by atoms with van der Waals surface area (Å²) in [7, 11) is 3.23. The maximum atomic E-state index is 9.44. The predicted molar refractivity (Wildman–Crippen MR) is 77.5 cm³/mol. The highest BCUT2D eigenvalue weighted by Gasteiger charge is 2.42. The van der Waals surface area contributed by atoms with Crippen LogP contribution >= 0.6 is 0 Å². The maximum Gasteiger partial charge on any atom is 0.161 e. The number of nitrogens with zero attached hydrogens (tertiary/aromatic N) is 1. The fourth-order valence-electron chi connectivity index (χ4n) is 2.32. The molecular formula is C15H18N2O3. The summed E-state index contributed by atoms with van der Waals surface area (Å²) in [5.74, 6) is 2.14. The number of rotatable bonds is 5. The van der Waals surface area contributed by atoms with Crippen LogP contribution in [0.5, 0.6) is 11.5 Å². The van der Waals surface area contributed by atoms with Gasteiger partial charge >= 0.3 is 0 Å². The van der Waals surface area contributed by atoms with Gasteiger partial charge in [0.15, 0.2) is 11.5 Å². The molecule has 1 heterocycles. The van der Waals surface area contributed by atoms with E-state index in [-0.39, 0.29) is 12.1 Å². The summed E-state index contributed by atoms with van der Waals surface area (Å²) in [6, 6.07) is 5.78. The number of methoxy groups -OCH3 is 2. The Morgan fingerprint density at radius 2 is 1.95 bits per heavy atom. The summed E-state index contributed by atoms with van der Waals surface area (Å²) in [6.07, 6.45) is 3.69. The second kappa shape index (κ2) is 4.83. The molecule has 1 aliphatic rings. The average molecular weight is 274 g/mol. The van der Waals surface area contributed by atoms with Crippen LogP contribution in [0.25, 0.3) is 10.8 Å². The zero-order valence-electron chi connectivity index (χ0n) is 11.6. The Labute approximate surface area is 117 Å². The van der Waals surface area contributed by atoms with Gasteiger partial charge in [0, 0.05) is 11.6 Å². The van der Waals surface area contributed by atoms with Crippen molar-refractivity contribution in [3.8, 4) is 11.5 Å². The molecular weight excluding hydrogens is 256 g/mol. The van der Waals surface area contributed by atoms with Crippen LogP contribution in [0.4, 0.5) is 5.82 Å². The molecule has 20 heavy (non-hydrogen) atoms. The Balaban J connectivity index is 2.08. The highest BCUT2D eigenvalue weighted by molar-refractivity contribution is 5.94. The maximum absolute atomic E-state index is 9.44. The molecule has 0 unspecified atom stereocenters. The first-order chi connectivity index (χ1) is 9.71. The molecule has 5 nitrogen and oxygen atoms in total. The molecule has 5 heteroatoms. The second-order valence-corrected chi connectivity index (χ2v) is 5.15. The molecule has 1 aliphatic carbocycles. The number of aromatic nitrogens is 1. The Morgan fingerprint density at radius 1 is 1.25 bits per heavy atom. The van der Waals surface area contributed by atoms with E-state index < -0.39 is 0 Å². The van der Waals surface area contributed by atoms with Gasteiger partial charge in [0.05, 0.1) is 26.4 Å². The molecule has 1 aromatic carbocycles. The zero-order chi connectivity index (χ0) is 14.2. The van der Waals surface area contributed by atoms with Crippen molar-refractivity contribution in [2.45, 2.75) is 18.4 Å². The summed E-state index contributed by atoms with van der Waals surface area (Å²) in [5, 5.41) is 14.8. The summed E-state index contributed by atoms with van der Waals surface area (Å²) in [5.41, 5.74) is -0.200. The molecule has 0 spiro atoms. The van der Waals surface area contributed by atoms with Crippen molar-refractivity contribution >= 4 is 16.6 Å². The number of nitrogens with one attached hydrogen (secondary N) is 1. The third-order valence-electron chi connectivity index (χ3n) is 3.81. The van der Waals surface area contributed by atoms with Gasteiger partial charge in [-0.25, -0.2) is 4.98 Å². The summed E-state index contributed by atoms with van der Waals surface area (Å²) in [6.45, 7) is 0.123. The molecule has 0 aliphatic heterocycles. The number of aliphatic hydroxyl groups is 1. The Bertz CT molecular complexity index is 638. The van der Waals surface area contributed by atoms with E-state index in [9.17, 15) is 5.11 Å². The third kappa shape index (κ3) is 2.14. The monoisotopic (exact) mass is 274 g/mol. The molecule has 0 atom stereocenters. The number of aliphatic hydroxyl groups excluding tert-OH is 1. The first kappa shape index (κ1) is 13.0. The van der Waals surface area contributed by atoms with Gasteiger partial charge in [-0.3, -0.25) is 0 Å². The van der Waals surface area contributed by atoms with Crippen molar-refractivity contribution in [2.24, 2.45) is 0 Å². The van der Waals surface area contributed by atoms with E-state index in [1.165, 1.54) is 0 Å². The van der Waals surface area contributed by atoms with Crippen LogP contribution in [-0.4, -0.2) is 36.5 Å². The molecule has 0 radical (unpaired) electrons. The van der Waals surface area contributed by atoms with Gasteiger partial charge in [-0.1, -0.05) is 0 Å².